The van der Waals surface area contributed by atoms with Crippen LogP contribution in [0.5, 0.6) is 0 Å². The standard InChI is InChI=1S/C10H14N2O3/c13-9-4-2-1-3-7(9)11-10(14)8-5-6-15-12-8/h5-7,9,13H,1-4H2,(H,11,14). The van der Waals surface area contributed by atoms with Crippen molar-refractivity contribution in [2.45, 2.75) is 37.8 Å². The molecule has 1 fully saturated rings. The Morgan fingerprint density at radius 3 is 3.00 bits per heavy atom. The van der Waals surface area contributed by atoms with Gasteiger partial charge in [-0.1, -0.05) is 18.0 Å². The van der Waals surface area contributed by atoms with Gasteiger partial charge >= 0.3 is 0 Å². The minimum Gasteiger partial charge on any atom is -0.391 e. The molecule has 1 amide bonds. The minimum atomic E-state index is -0.436. The van der Waals surface area contributed by atoms with Crippen molar-refractivity contribution in [3.8, 4) is 0 Å². The first-order valence-electron chi connectivity index (χ1n) is 5.16. The summed E-state index contributed by atoms with van der Waals surface area (Å²) in [4.78, 5) is 11.6. The highest BCUT2D eigenvalue weighted by atomic mass is 16.5. The van der Waals surface area contributed by atoms with Crippen molar-refractivity contribution in [3.63, 3.8) is 0 Å². The number of carbonyl (C=O) groups is 1. The fraction of sp³-hybridized carbons (Fsp3) is 0.600. The highest BCUT2D eigenvalue weighted by Crippen LogP contribution is 2.18. The SMILES string of the molecule is O=C(NC1CCCCC1O)c1ccon1. The van der Waals surface area contributed by atoms with E-state index >= 15 is 0 Å². The van der Waals surface area contributed by atoms with Crippen LogP contribution in [0.2, 0.25) is 0 Å². The van der Waals surface area contributed by atoms with Crippen LogP contribution in [0, 0.1) is 0 Å². The molecule has 1 aliphatic carbocycles. The third-order valence-corrected chi connectivity index (χ3v) is 2.72. The molecule has 5 heteroatoms. The Hall–Kier alpha value is -1.36. The highest BCUT2D eigenvalue weighted by molar-refractivity contribution is 5.92. The Morgan fingerprint density at radius 1 is 1.53 bits per heavy atom. The van der Waals surface area contributed by atoms with Gasteiger partial charge in [-0.05, 0) is 12.8 Å². The number of nitrogens with one attached hydrogen (secondary N) is 1. The van der Waals surface area contributed by atoms with Gasteiger partial charge < -0.3 is 14.9 Å². The first-order chi connectivity index (χ1) is 7.27. The number of aromatic nitrogens is 1. The molecule has 1 aromatic heterocycles. The summed E-state index contributed by atoms with van der Waals surface area (Å²) >= 11 is 0. The van der Waals surface area contributed by atoms with Crippen molar-refractivity contribution in [2.24, 2.45) is 0 Å². The molecule has 1 aliphatic rings. The lowest BCUT2D eigenvalue weighted by Gasteiger charge is -2.27. The van der Waals surface area contributed by atoms with Gasteiger partial charge in [0.25, 0.3) is 5.91 Å². The summed E-state index contributed by atoms with van der Waals surface area (Å²) in [6.45, 7) is 0. The van der Waals surface area contributed by atoms with E-state index < -0.39 is 6.10 Å². The van der Waals surface area contributed by atoms with Crippen LogP contribution in [-0.4, -0.2) is 28.3 Å². The topological polar surface area (TPSA) is 75.4 Å². The van der Waals surface area contributed by atoms with Gasteiger partial charge in [-0.25, -0.2) is 0 Å². The van der Waals surface area contributed by atoms with E-state index in [1.165, 1.54) is 12.3 Å². The van der Waals surface area contributed by atoms with Crippen molar-refractivity contribution < 1.29 is 14.4 Å². The summed E-state index contributed by atoms with van der Waals surface area (Å²) in [6.07, 6.45) is 4.56. The monoisotopic (exact) mass is 210 g/mol. The molecule has 0 aromatic carbocycles. The Kier molecular flexibility index (Phi) is 3.01. The van der Waals surface area contributed by atoms with Crippen molar-refractivity contribution in [1.82, 2.24) is 10.5 Å². The van der Waals surface area contributed by atoms with E-state index in [1.54, 1.807) is 0 Å². The van der Waals surface area contributed by atoms with Gasteiger partial charge in [0.15, 0.2) is 5.69 Å². The molecule has 2 unspecified atom stereocenters. The Morgan fingerprint density at radius 2 is 2.33 bits per heavy atom. The smallest absolute Gasteiger partial charge is 0.273 e. The molecule has 0 spiro atoms. The molecular formula is C10H14N2O3. The number of rotatable bonds is 2. The number of hydrogen-bond acceptors (Lipinski definition) is 4. The molecule has 0 saturated heterocycles. The molecule has 0 aliphatic heterocycles. The molecular weight excluding hydrogens is 196 g/mol. The number of nitrogens with zero attached hydrogens (tertiary/aromatic N) is 1. The Balaban J connectivity index is 1.93. The van der Waals surface area contributed by atoms with Crippen LogP contribution < -0.4 is 5.32 Å². The maximum atomic E-state index is 11.6. The van der Waals surface area contributed by atoms with Gasteiger partial charge in [0, 0.05) is 6.07 Å². The second-order valence-corrected chi connectivity index (χ2v) is 3.82. The minimum absolute atomic E-state index is 0.150. The molecule has 0 bridgehead atoms. The zero-order chi connectivity index (χ0) is 10.7. The Bertz CT molecular complexity index is 323. The zero-order valence-corrected chi connectivity index (χ0v) is 8.35. The number of hydrogen-bond donors (Lipinski definition) is 2. The molecule has 2 atom stereocenters. The molecule has 2 N–H and O–H groups in total. The van der Waals surface area contributed by atoms with Crippen molar-refractivity contribution in [2.75, 3.05) is 0 Å². The zero-order valence-electron chi connectivity index (χ0n) is 8.35. The van der Waals surface area contributed by atoms with Crippen LogP contribution in [0.15, 0.2) is 16.9 Å². The lowest BCUT2D eigenvalue weighted by atomic mass is 9.92. The molecule has 0 radical (unpaired) electrons. The van der Waals surface area contributed by atoms with Crippen LogP contribution in [-0.2, 0) is 0 Å². The van der Waals surface area contributed by atoms with Crippen LogP contribution in [0.1, 0.15) is 36.2 Å². The fourth-order valence-electron chi connectivity index (χ4n) is 1.85. The normalized spacial score (nSPS) is 26.2. The van der Waals surface area contributed by atoms with E-state index in [9.17, 15) is 9.90 Å². The average Bonchev–Trinajstić information content (AvgIpc) is 2.74. The van der Waals surface area contributed by atoms with Crippen molar-refractivity contribution in [3.05, 3.63) is 18.0 Å². The molecule has 1 aromatic rings. The van der Waals surface area contributed by atoms with E-state index in [2.05, 4.69) is 15.0 Å². The number of aliphatic hydroxyl groups excluding tert-OH is 1. The summed E-state index contributed by atoms with van der Waals surface area (Å²) in [6, 6.07) is 1.35. The van der Waals surface area contributed by atoms with Gasteiger partial charge in [0.2, 0.25) is 0 Å². The third kappa shape index (κ3) is 2.36. The van der Waals surface area contributed by atoms with Crippen molar-refractivity contribution >= 4 is 5.91 Å². The predicted octanol–water partition coefficient (Wildman–Crippen LogP) is 0.708. The predicted molar refractivity (Wildman–Crippen MR) is 52.2 cm³/mol. The van der Waals surface area contributed by atoms with Crippen LogP contribution >= 0.6 is 0 Å². The van der Waals surface area contributed by atoms with E-state index in [0.29, 0.717) is 0 Å². The lowest BCUT2D eigenvalue weighted by molar-refractivity contribution is 0.0711. The maximum Gasteiger partial charge on any atom is 0.273 e. The first-order valence-corrected chi connectivity index (χ1v) is 5.16. The maximum absolute atomic E-state index is 11.6. The van der Waals surface area contributed by atoms with Gasteiger partial charge in [-0.2, -0.15) is 0 Å². The first kappa shape index (κ1) is 10.2. The van der Waals surface area contributed by atoms with E-state index in [4.69, 9.17) is 0 Å². The number of amides is 1. The summed E-state index contributed by atoms with van der Waals surface area (Å²) in [5.74, 6) is -0.283. The molecule has 2 rings (SSSR count). The van der Waals surface area contributed by atoms with Gasteiger partial charge in [0.05, 0.1) is 12.1 Å². The number of aliphatic hydroxyl groups is 1. The molecule has 5 nitrogen and oxygen atoms in total. The van der Waals surface area contributed by atoms with Gasteiger partial charge in [-0.15, -0.1) is 0 Å². The summed E-state index contributed by atoms with van der Waals surface area (Å²) in [5.41, 5.74) is 0.257. The molecule has 82 valence electrons. The van der Waals surface area contributed by atoms with Crippen molar-refractivity contribution in [1.29, 1.82) is 0 Å². The van der Waals surface area contributed by atoms with Crippen LogP contribution in [0.3, 0.4) is 0 Å². The molecule has 15 heavy (non-hydrogen) atoms. The van der Waals surface area contributed by atoms with E-state index in [1.807, 2.05) is 0 Å². The second-order valence-electron chi connectivity index (χ2n) is 3.82. The van der Waals surface area contributed by atoms with Crippen LogP contribution in [0.4, 0.5) is 0 Å². The van der Waals surface area contributed by atoms with Gasteiger partial charge in [0.1, 0.15) is 6.26 Å². The lowest BCUT2D eigenvalue weighted by Crippen LogP contribution is -2.45. The quantitative estimate of drug-likeness (QED) is 0.753. The molecule has 1 heterocycles. The average molecular weight is 210 g/mol. The van der Waals surface area contributed by atoms with Gasteiger partial charge in [-0.3, -0.25) is 4.79 Å². The summed E-state index contributed by atoms with van der Waals surface area (Å²) in [7, 11) is 0. The van der Waals surface area contributed by atoms with E-state index in [-0.39, 0.29) is 17.6 Å². The Labute approximate surface area is 87.5 Å². The number of carbonyl (C=O) groups excluding carboxylic acids is 1. The summed E-state index contributed by atoms with van der Waals surface area (Å²) in [5, 5.41) is 16.0. The fourth-order valence-corrected chi connectivity index (χ4v) is 1.85. The van der Waals surface area contributed by atoms with E-state index in [0.717, 1.165) is 25.7 Å². The molecule has 1 saturated carbocycles. The highest BCUT2D eigenvalue weighted by Gasteiger charge is 2.25. The third-order valence-electron chi connectivity index (χ3n) is 2.72. The van der Waals surface area contributed by atoms with Crippen LogP contribution in [0.25, 0.3) is 0 Å². The summed E-state index contributed by atoms with van der Waals surface area (Å²) < 4.78 is 4.58. The second kappa shape index (κ2) is 4.44. The largest absolute Gasteiger partial charge is 0.391 e.